The molecule has 0 bridgehead atoms. The largest absolute Gasteiger partial charge is 0.335 e. The zero-order valence-corrected chi connectivity index (χ0v) is 12.4. The maximum absolute atomic E-state index is 11.7. The number of carbonyl (C=O) groups excluding carboxylic acids is 1. The molecule has 1 aliphatic heterocycles. The second kappa shape index (κ2) is 4.99. The average molecular weight is 291 g/mol. The van der Waals surface area contributed by atoms with Gasteiger partial charge in [-0.1, -0.05) is 0 Å². The molecule has 1 amide bonds. The minimum atomic E-state index is 0.175. The minimum Gasteiger partial charge on any atom is -0.335 e. The first-order valence-electron chi connectivity index (χ1n) is 6.61. The first-order chi connectivity index (χ1) is 9.60. The van der Waals surface area contributed by atoms with E-state index in [1.54, 1.807) is 16.2 Å². The van der Waals surface area contributed by atoms with Crippen molar-refractivity contribution in [3.63, 3.8) is 0 Å². The third kappa shape index (κ3) is 2.12. The van der Waals surface area contributed by atoms with Crippen LogP contribution in [0.3, 0.4) is 0 Å². The number of aryl methyl sites for hydroxylation is 2. The normalized spacial score (nSPS) is 15.3. The maximum atomic E-state index is 11.7. The van der Waals surface area contributed by atoms with E-state index < -0.39 is 0 Å². The Bertz CT molecular complexity index is 681. The smallest absolute Gasteiger partial charge is 0.223 e. The van der Waals surface area contributed by atoms with Gasteiger partial charge < -0.3 is 10.3 Å². The third-order valence-corrected chi connectivity index (χ3v) is 4.82. The number of hydrogen-bond acceptors (Lipinski definition) is 6. The molecular weight excluding hydrogens is 274 g/mol. The predicted octanol–water partition coefficient (Wildman–Crippen LogP) is 1.72. The molecule has 106 valence electrons. The summed E-state index contributed by atoms with van der Waals surface area (Å²) in [4.78, 5) is 24.7. The summed E-state index contributed by atoms with van der Waals surface area (Å²) in [5.74, 6) is 7.04. The Hall–Kier alpha value is -1.73. The van der Waals surface area contributed by atoms with E-state index in [1.165, 1.54) is 4.88 Å². The molecule has 0 aliphatic carbocycles. The van der Waals surface area contributed by atoms with Crippen LogP contribution in [-0.4, -0.2) is 27.3 Å². The molecule has 20 heavy (non-hydrogen) atoms. The Labute approximate surface area is 121 Å². The first-order valence-corrected chi connectivity index (χ1v) is 7.43. The number of aromatic nitrogens is 2. The summed E-state index contributed by atoms with van der Waals surface area (Å²) in [6.45, 7) is 5.35. The first kappa shape index (κ1) is 13.3. The number of likely N-dealkylation sites (tertiary alicyclic amines) is 1. The van der Waals surface area contributed by atoms with Crippen LogP contribution >= 0.6 is 11.3 Å². The molecule has 1 saturated heterocycles. The highest BCUT2D eigenvalue weighted by Gasteiger charge is 2.22. The lowest BCUT2D eigenvalue weighted by Crippen LogP contribution is -2.25. The molecule has 3 N–H and O–H groups in total. The van der Waals surface area contributed by atoms with Crippen molar-refractivity contribution in [3.05, 3.63) is 16.3 Å². The topological polar surface area (TPSA) is 84.1 Å². The SMILES string of the molecule is Cc1sc2nc(CN3CCCC3=O)nc(NN)c2c1C. The fraction of sp³-hybridized carbons (Fsp3) is 0.462. The lowest BCUT2D eigenvalue weighted by atomic mass is 10.2. The molecule has 3 rings (SSSR count). The summed E-state index contributed by atoms with van der Waals surface area (Å²) >= 11 is 1.63. The highest BCUT2D eigenvalue weighted by molar-refractivity contribution is 7.18. The molecular formula is C13H17N5OS. The lowest BCUT2D eigenvalue weighted by Gasteiger charge is -2.14. The van der Waals surface area contributed by atoms with E-state index in [-0.39, 0.29) is 5.91 Å². The molecule has 0 radical (unpaired) electrons. The summed E-state index contributed by atoms with van der Waals surface area (Å²) < 4.78 is 0. The Morgan fingerprint density at radius 2 is 2.20 bits per heavy atom. The third-order valence-electron chi connectivity index (χ3n) is 3.72. The van der Waals surface area contributed by atoms with Crippen LogP contribution in [0, 0.1) is 13.8 Å². The highest BCUT2D eigenvalue weighted by atomic mass is 32.1. The number of fused-ring (bicyclic) bond motifs is 1. The van der Waals surface area contributed by atoms with Crippen LogP contribution < -0.4 is 11.3 Å². The van der Waals surface area contributed by atoms with E-state index in [9.17, 15) is 4.79 Å². The van der Waals surface area contributed by atoms with E-state index in [4.69, 9.17) is 5.84 Å². The van der Waals surface area contributed by atoms with Crippen molar-refractivity contribution in [3.8, 4) is 0 Å². The van der Waals surface area contributed by atoms with Crippen LogP contribution in [0.1, 0.15) is 29.1 Å². The molecule has 2 aromatic heterocycles. The van der Waals surface area contributed by atoms with Crippen molar-refractivity contribution in [2.45, 2.75) is 33.2 Å². The number of amides is 1. The van der Waals surface area contributed by atoms with E-state index >= 15 is 0 Å². The van der Waals surface area contributed by atoms with Gasteiger partial charge in [0.05, 0.1) is 11.9 Å². The van der Waals surface area contributed by atoms with Crippen molar-refractivity contribution in [1.29, 1.82) is 0 Å². The van der Waals surface area contributed by atoms with E-state index in [1.807, 2.05) is 6.92 Å². The van der Waals surface area contributed by atoms with Gasteiger partial charge in [0, 0.05) is 17.8 Å². The fourth-order valence-corrected chi connectivity index (χ4v) is 3.56. The molecule has 0 aromatic carbocycles. The van der Waals surface area contributed by atoms with Crippen molar-refractivity contribution < 1.29 is 4.79 Å². The van der Waals surface area contributed by atoms with Crippen LogP contribution in [-0.2, 0) is 11.3 Å². The molecule has 0 atom stereocenters. The summed E-state index contributed by atoms with van der Waals surface area (Å²) in [7, 11) is 0. The van der Waals surface area contributed by atoms with Crippen LogP contribution in [0.15, 0.2) is 0 Å². The summed E-state index contributed by atoms with van der Waals surface area (Å²) in [6, 6.07) is 0. The van der Waals surface area contributed by atoms with Gasteiger partial charge in [0.15, 0.2) is 11.6 Å². The number of thiophene rings is 1. The van der Waals surface area contributed by atoms with Gasteiger partial charge in [-0.15, -0.1) is 11.3 Å². The minimum absolute atomic E-state index is 0.175. The quantitative estimate of drug-likeness (QED) is 0.664. The Morgan fingerprint density at radius 1 is 1.40 bits per heavy atom. The molecule has 7 heteroatoms. The van der Waals surface area contributed by atoms with Crippen molar-refractivity contribution in [1.82, 2.24) is 14.9 Å². The summed E-state index contributed by atoms with van der Waals surface area (Å²) in [6.07, 6.45) is 1.54. The Kier molecular flexibility index (Phi) is 3.31. The van der Waals surface area contributed by atoms with Crippen molar-refractivity contribution in [2.75, 3.05) is 12.0 Å². The number of nitrogens with zero attached hydrogens (tertiary/aromatic N) is 3. The van der Waals surface area contributed by atoms with Crippen LogP contribution in [0.25, 0.3) is 10.2 Å². The van der Waals surface area contributed by atoms with Gasteiger partial charge in [0.1, 0.15) is 4.83 Å². The Morgan fingerprint density at radius 3 is 2.85 bits per heavy atom. The number of nitrogen functional groups attached to an aromatic ring is 1. The number of carbonyl (C=O) groups is 1. The molecule has 0 spiro atoms. The number of rotatable bonds is 3. The summed E-state index contributed by atoms with van der Waals surface area (Å²) in [5.41, 5.74) is 3.81. The number of hydrazine groups is 1. The molecule has 3 heterocycles. The van der Waals surface area contributed by atoms with E-state index in [0.717, 1.165) is 28.7 Å². The summed E-state index contributed by atoms with van der Waals surface area (Å²) in [5, 5.41) is 0.978. The van der Waals surface area contributed by atoms with Crippen LogP contribution in [0.2, 0.25) is 0 Å². The van der Waals surface area contributed by atoms with E-state index in [0.29, 0.717) is 24.6 Å². The predicted molar refractivity (Wildman–Crippen MR) is 79.4 cm³/mol. The second-order valence-electron chi connectivity index (χ2n) is 5.02. The molecule has 0 unspecified atom stereocenters. The molecule has 2 aromatic rings. The maximum Gasteiger partial charge on any atom is 0.223 e. The lowest BCUT2D eigenvalue weighted by molar-refractivity contribution is -0.128. The van der Waals surface area contributed by atoms with Crippen molar-refractivity contribution in [2.24, 2.45) is 5.84 Å². The molecule has 1 fully saturated rings. The molecule has 6 nitrogen and oxygen atoms in total. The average Bonchev–Trinajstić information content (AvgIpc) is 2.94. The van der Waals surface area contributed by atoms with Gasteiger partial charge in [-0.2, -0.15) is 0 Å². The van der Waals surface area contributed by atoms with Gasteiger partial charge >= 0.3 is 0 Å². The number of nitrogens with two attached hydrogens (primary N) is 1. The van der Waals surface area contributed by atoms with Gasteiger partial charge in [-0.25, -0.2) is 15.8 Å². The van der Waals surface area contributed by atoms with Crippen molar-refractivity contribution >= 4 is 33.3 Å². The number of anilines is 1. The highest BCUT2D eigenvalue weighted by Crippen LogP contribution is 2.33. The second-order valence-corrected chi connectivity index (χ2v) is 6.22. The number of nitrogens with one attached hydrogen (secondary N) is 1. The van der Waals surface area contributed by atoms with Gasteiger partial charge in [-0.3, -0.25) is 4.79 Å². The zero-order valence-electron chi connectivity index (χ0n) is 11.6. The van der Waals surface area contributed by atoms with Crippen LogP contribution in [0.5, 0.6) is 0 Å². The molecule has 0 saturated carbocycles. The van der Waals surface area contributed by atoms with E-state index in [2.05, 4.69) is 22.3 Å². The van der Waals surface area contributed by atoms with Gasteiger partial charge in [-0.05, 0) is 25.8 Å². The van der Waals surface area contributed by atoms with Crippen LogP contribution in [0.4, 0.5) is 5.82 Å². The monoisotopic (exact) mass is 291 g/mol. The standard InChI is InChI=1S/C13H17N5OS/c1-7-8(2)20-13-11(7)12(17-14)15-9(16-13)6-18-5-3-4-10(18)19/h3-6,14H2,1-2H3,(H,15,16,17). The fourth-order valence-electron chi connectivity index (χ4n) is 2.51. The molecule has 1 aliphatic rings. The van der Waals surface area contributed by atoms with Gasteiger partial charge in [0.25, 0.3) is 0 Å². The number of hydrogen-bond donors (Lipinski definition) is 2. The zero-order chi connectivity index (χ0) is 14.3. The Balaban J connectivity index is 2.02. The van der Waals surface area contributed by atoms with Gasteiger partial charge in [0.2, 0.25) is 5.91 Å².